The van der Waals surface area contributed by atoms with E-state index in [1.165, 1.54) is 15.6 Å². The lowest BCUT2D eigenvalue weighted by Crippen LogP contribution is -2.21. The van der Waals surface area contributed by atoms with Crippen LogP contribution in [0.25, 0.3) is 5.69 Å². The number of hydrogen-bond acceptors (Lipinski definition) is 2. The van der Waals surface area contributed by atoms with E-state index >= 15 is 0 Å². The summed E-state index contributed by atoms with van der Waals surface area (Å²) < 4.78 is 3.51. The molecule has 0 saturated carbocycles. The Hall–Kier alpha value is -1.07. The molecule has 0 N–H and O–H groups in total. The van der Waals surface area contributed by atoms with E-state index in [1.54, 1.807) is 19.2 Å². The van der Waals surface area contributed by atoms with Crippen LogP contribution in [0, 0.1) is 0 Å². The van der Waals surface area contributed by atoms with Gasteiger partial charge in [-0.25, -0.2) is 14.0 Å². The SMILES string of the molecule is Cn1ncn(-c2ccc(Br)cc2Cl)c1=O. The Balaban J connectivity index is 2.64. The maximum absolute atomic E-state index is 11.6. The minimum absolute atomic E-state index is 0.223. The van der Waals surface area contributed by atoms with Gasteiger partial charge in [0.05, 0.1) is 10.7 Å². The molecule has 1 aromatic heterocycles. The molecule has 0 spiro atoms. The lowest BCUT2D eigenvalue weighted by molar-refractivity contribution is 0.726. The van der Waals surface area contributed by atoms with Gasteiger partial charge in [0, 0.05) is 11.5 Å². The molecule has 15 heavy (non-hydrogen) atoms. The summed E-state index contributed by atoms with van der Waals surface area (Å²) in [5.74, 6) is 0. The molecule has 0 fully saturated rings. The second kappa shape index (κ2) is 3.83. The Labute approximate surface area is 99.2 Å². The number of hydrogen-bond donors (Lipinski definition) is 0. The average molecular weight is 289 g/mol. The van der Waals surface area contributed by atoms with E-state index in [0.29, 0.717) is 10.7 Å². The largest absolute Gasteiger partial charge is 0.350 e. The summed E-state index contributed by atoms with van der Waals surface area (Å²) in [6.45, 7) is 0. The second-order valence-corrected chi connectivity index (χ2v) is 4.33. The summed E-state index contributed by atoms with van der Waals surface area (Å²) in [5, 5.41) is 4.35. The van der Waals surface area contributed by atoms with Gasteiger partial charge in [-0.1, -0.05) is 27.5 Å². The van der Waals surface area contributed by atoms with Crippen LogP contribution in [0.15, 0.2) is 33.8 Å². The molecule has 0 saturated heterocycles. The molecule has 0 amide bonds. The third-order valence-corrected chi connectivity index (χ3v) is 2.79. The van der Waals surface area contributed by atoms with E-state index in [1.807, 2.05) is 6.07 Å². The monoisotopic (exact) mass is 287 g/mol. The van der Waals surface area contributed by atoms with Gasteiger partial charge in [0.1, 0.15) is 6.33 Å². The number of aromatic nitrogens is 3. The summed E-state index contributed by atoms with van der Waals surface area (Å²) in [6, 6.07) is 5.31. The molecule has 2 aromatic rings. The molecule has 78 valence electrons. The fraction of sp³-hybridized carbons (Fsp3) is 0.111. The quantitative estimate of drug-likeness (QED) is 0.805. The molecule has 0 aliphatic rings. The summed E-state index contributed by atoms with van der Waals surface area (Å²) >= 11 is 9.32. The van der Waals surface area contributed by atoms with Crippen LogP contribution in [0.3, 0.4) is 0 Å². The van der Waals surface area contributed by atoms with Crippen molar-refractivity contribution < 1.29 is 0 Å². The molecule has 0 aliphatic heterocycles. The van der Waals surface area contributed by atoms with Crippen LogP contribution in [0.5, 0.6) is 0 Å². The van der Waals surface area contributed by atoms with Crippen LogP contribution in [0.2, 0.25) is 5.02 Å². The van der Waals surface area contributed by atoms with Gasteiger partial charge in [-0.05, 0) is 18.2 Å². The van der Waals surface area contributed by atoms with Crippen molar-refractivity contribution in [1.29, 1.82) is 0 Å². The number of benzene rings is 1. The van der Waals surface area contributed by atoms with Gasteiger partial charge >= 0.3 is 5.69 Å². The predicted octanol–water partition coefficient (Wildman–Crippen LogP) is 1.99. The molecule has 6 heteroatoms. The van der Waals surface area contributed by atoms with Crippen LogP contribution < -0.4 is 5.69 Å². The maximum Gasteiger partial charge on any atom is 0.350 e. The third kappa shape index (κ3) is 1.85. The molecule has 4 nitrogen and oxygen atoms in total. The lowest BCUT2D eigenvalue weighted by atomic mass is 10.3. The Morgan fingerprint density at radius 3 is 2.73 bits per heavy atom. The molecule has 0 unspecified atom stereocenters. The van der Waals surface area contributed by atoms with E-state index < -0.39 is 0 Å². The summed E-state index contributed by atoms with van der Waals surface area (Å²) in [7, 11) is 1.59. The highest BCUT2D eigenvalue weighted by Crippen LogP contribution is 2.23. The van der Waals surface area contributed by atoms with Crippen LogP contribution in [-0.4, -0.2) is 14.3 Å². The molecule has 0 bridgehead atoms. The predicted molar refractivity (Wildman–Crippen MR) is 61.5 cm³/mol. The molecule has 0 aliphatic carbocycles. The zero-order chi connectivity index (χ0) is 11.0. The average Bonchev–Trinajstić information content (AvgIpc) is 2.49. The van der Waals surface area contributed by atoms with Crippen molar-refractivity contribution in [2.75, 3.05) is 0 Å². The van der Waals surface area contributed by atoms with Gasteiger partial charge in [-0.2, -0.15) is 5.10 Å². The van der Waals surface area contributed by atoms with Gasteiger partial charge in [0.15, 0.2) is 0 Å². The zero-order valence-electron chi connectivity index (χ0n) is 7.82. The smallest absolute Gasteiger partial charge is 0.248 e. The molecule has 0 atom stereocenters. The number of rotatable bonds is 1. The normalized spacial score (nSPS) is 10.6. The van der Waals surface area contributed by atoms with E-state index in [-0.39, 0.29) is 5.69 Å². The highest BCUT2D eigenvalue weighted by Gasteiger charge is 2.07. The second-order valence-electron chi connectivity index (χ2n) is 3.00. The Morgan fingerprint density at radius 1 is 1.47 bits per heavy atom. The number of halogens is 2. The van der Waals surface area contributed by atoms with E-state index in [2.05, 4.69) is 21.0 Å². The van der Waals surface area contributed by atoms with Crippen LogP contribution in [0.1, 0.15) is 0 Å². The van der Waals surface area contributed by atoms with Gasteiger partial charge < -0.3 is 0 Å². The Kier molecular flexibility index (Phi) is 2.67. The number of aryl methyl sites for hydroxylation is 1. The van der Waals surface area contributed by atoms with E-state index in [4.69, 9.17) is 11.6 Å². The van der Waals surface area contributed by atoms with Crippen molar-refractivity contribution in [3.8, 4) is 5.69 Å². The third-order valence-electron chi connectivity index (χ3n) is 1.99. The Morgan fingerprint density at radius 2 is 2.20 bits per heavy atom. The minimum atomic E-state index is -0.223. The minimum Gasteiger partial charge on any atom is -0.248 e. The van der Waals surface area contributed by atoms with Crippen molar-refractivity contribution in [2.24, 2.45) is 7.05 Å². The molecular weight excluding hydrogens is 281 g/mol. The topological polar surface area (TPSA) is 39.8 Å². The van der Waals surface area contributed by atoms with Crippen molar-refractivity contribution in [2.45, 2.75) is 0 Å². The fourth-order valence-electron chi connectivity index (χ4n) is 1.23. The van der Waals surface area contributed by atoms with Crippen LogP contribution in [0.4, 0.5) is 0 Å². The fourth-order valence-corrected chi connectivity index (χ4v) is 1.99. The summed E-state index contributed by atoms with van der Waals surface area (Å²) in [6.07, 6.45) is 1.44. The van der Waals surface area contributed by atoms with Crippen molar-refractivity contribution in [1.82, 2.24) is 14.3 Å². The van der Waals surface area contributed by atoms with Crippen molar-refractivity contribution >= 4 is 27.5 Å². The molecule has 1 heterocycles. The van der Waals surface area contributed by atoms with Gasteiger partial charge in [-0.3, -0.25) is 0 Å². The van der Waals surface area contributed by atoms with Gasteiger partial charge in [-0.15, -0.1) is 0 Å². The van der Waals surface area contributed by atoms with E-state index in [9.17, 15) is 4.79 Å². The highest BCUT2D eigenvalue weighted by atomic mass is 79.9. The van der Waals surface area contributed by atoms with Crippen LogP contribution in [-0.2, 0) is 7.05 Å². The van der Waals surface area contributed by atoms with Crippen molar-refractivity contribution in [3.05, 3.63) is 44.5 Å². The lowest BCUT2D eigenvalue weighted by Gasteiger charge is -2.03. The first-order valence-electron chi connectivity index (χ1n) is 4.15. The first-order valence-corrected chi connectivity index (χ1v) is 5.33. The highest BCUT2D eigenvalue weighted by molar-refractivity contribution is 9.10. The molecule has 2 rings (SSSR count). The summed E-state index contributed by atoms with van der Waals surface area (Å²) in [5.41, 5.74) is 0.400. The van der Waals surface area contributed by atoms with E-state index in [0.717, 1.165) is 4.47 Å². The van der Waals surface area contributed by atoms with Gasteiger partial charge in [0.2, 0.25) is 0 Å². The standard InChI is InChI=1S/C9H7BrClN3O/c1-13-9(15)14(5-12-13)8-3-2-6(10)4-7(8)11/h2-5H,1H3. The summed E-state index contributed by atoms with van der Waals surface area (Å²) in [4.78, 5) is 11.6. The Bertz CT molecular complexity index is 561. The molecule has 0 radical (unpaired) electrons. The first kappa shape index (κ1) is 10.4. The maximum atomic E-state index is 11.6. The van der Waals surface area contributed by atoms with Crippen LogP contribution >= 0.6 is 27.5 Å². The number of nitrogens with zero attached hydrogens (tertiary/aromatic N) is 3. The first-order chi connectivity index (χ1) is 7.09. The molecule has 1 aromatic carbocycles. The van der Waals surface area contributed by atoms with Crippen molar-refractivity contribution in [3.63, 3.8) is 0 Å². The van der Waals surface area contributed by atoms with Gasteiger partial charge in [0.25, 0.3) is 0 Å². The zero-order valence-corrected chi connectivity index (χ0v) is 10.2. The molecular formula is C9H7BrClN3O.